The number of nitrogens with zero attached hydrogens (tertiary/aromatic N) is 2. The third kappa shape index (κ3) is 2.81. The number of fused-ring (bicyclic) bond motifs is 1. The quantitative estimate of drug-likeness (QED) is 0.469. The molecule has 0 radical (unpaired) electrons. The van der Waals surface area contributed by atoms with Crippen molar-refractivity contribution in [2.75, 3.05) is 0 Å². The number of rotatable bonds is 3. The standard InChI is InChI=1S/C21H17ClN2/c1-15-6-8-16(9-7-15)14-24-20-5-3-2-4-19(20)23-21(24)17-10-12-18(22)13-11-17/h2-13H,14H2,1H3. The zero-order valence-electron chi connectivity index (χ0n) is 13.4. The maximum Gasteiger partial charge on any atom is 0.141 e. The molecule has 0 N–H and O–H groups in total. The highest BCUT2D eigenvalue weighted by molar-refractivity contribution is 6.30. The molecule has 4 rings (SSSR count). The normalized spacial score (nSPS) is 11.1. The second-order valence-corrected chi connectivity index (χ2v) is 6.44. The first-order valence-corrected chi connectivity index (χ1v) is 8.35. The van der Waals surface area contributed by atoms with Crippen LogP contribution in [-0.4, -0.2) is 9.55 Å². The van der Waals surface area contributed by atoms with E-state index in [4.69, 9.17) is 16.6 Å². The van der Waals surface area contributed by atoms with Crippen molar-refractivity contribution in [1.82, 2.24) is 9.55 Å². The third-order valence-corrected chi connectivity index (χ3v) is 4.47. The smallest absolute Gasteiger partial charge is 0.141 e. The molecule has 0 atom stereocenters. The highest BCUT2D eigenvalue weighted by atomic mass is 35.5. The number of aromatic nitrogens is 2. The van der Waals surface area contributed by atoms with Gasteiger partial charge in [0.05, 0.1) is 11.0 Å². The van der Waals surface area contributed by atoms with Crippen LogP contribution in [0.15, 0.2) is 72.8 Å². The average Bonchev–Trinajstić information content (AvgIpc) is 2.96. The minimum atomic E-state index is 0.736. The largest absolute Gasteiger partial charge is 0.319 e. The molecular formula is C21H17ClN2. The van der Waals surface area contributed by atoms with E-state index in [0.717, 1.165) is 34.0 Å². The van der Waals surface area contributed by atoms with Gasteiger partial charge in [0.15, 0.2) is 0 Å². The summed E-state index contributed by atoms with van der Waals surface area (Å²) in [5, 5.41) is 0.736. The lowest BCUT2D eigenvalue weighted by molar-refractivity contribution is 0.834. The minimum absolute atomic E-state index is 0.736. The molecule has 0 spiro atoms. The Morgan fingerprint density at radius 3 is 2.33 bits per heavy atom. The molecule has 3 heteroatoms. The van der Waals surface area contributed by atoms with Crippen molar-refractivity contribution in [3.63, 3.8) is 0 Å². The Hall–Kier alpha value is -2.58. The van der Waals surface area contributed by atoms with Gasteiger partial charge in [0.25, 0.3) is 0 Å². The van der Waals surface area contributed by atoms with Gasteiger partial charge in [-0.2, -0.15) is 0 Å². The van der Waals surface area contributed by atoms with Gasteiger partial charge in [-0.25, -0.2) is 4.98 Å². The van der Waals surface area contributed by atoms with Gasteiger partial charge in [0, 0.05) is 17.1 Å². The first-order valence-electron chi connectivity index (χ1n) is 7.97. The Kier molecular flexibility index (Phi) is 3.83. The minimum Gasteiger partial charge on any atom is -0.319 e. The fourth-order valence-electron chi connectivity index (χ4n) is 2.93. The zero-order chi connectivity index (χ0) is 16.5. The van der Waals surface area contributed by atoms with Crippen molar-refractivity contribution in [3.8, 4) is 11.4 Å². The monoisotopic (exact) mass is 332 g/mol. The Labute approximate surface area is 146 Å². The molecule has 0 aliphatic rings. The van der Waals surface area contributed by atoms with Gasteiger partial charge in [-0.15, -0.1) is 0 Å². The molecule has 0 fully saturated rings. The second-order valence-electron chi connectivity index (χ2n) is 6.00. The van der Waals surface area contributed by atoms with E-state index in [1.807, 2.05) is 30.3 Å². The molecule has 118 valence electrons. The summed E-state index contributed by atoms with van der Waals surface area (Å²) >= 11 is 6.03. The number of aryl methyl sites for hydroxylation is 1. The van der Waals surface area contributed by atoms with Crippen LogP contribution in [0.25, 0.3) is 22.4 Å². The summed E-state index contributed by atoms with van der Waals surface area (Å²) in [6.45, 7) is 2.90. The summed E-state index contributed by atoms with van der Waals surface area (Å²) in [7, 11) is 0. The highest BCUT2D eigenvalue weighted by Gasteiger charge is 2.12. The van der Waals surface area contributed by atoms with Crippen LogP contribution < -0.4 is 0 Å². The molecule has 1 aromatic heterocycles. The van der Waals surface area contributed by atoms with Crippen molar-refractivity contribution < 1.29 is 0 Å². The molecule has 3 aromatic carbocycles. The molecule has 0 saturated carbocycles. The van der Waals surface area contributed by atoms with E-state index in [-0.39, 0.29) is 0 Å². The molecule has 0 unspecified atom stereocenters. The lowest BCUT2D eigenvalue weighted by Crippen LogP contribution is -2.02. The molecule has 2 nitrogen and oxygen atoms in total. The van der Waals surface area contributed by atoms with Crippen molar-refractivity contribution in [1.29, 1.82) is 0 Å². The van der Waals surface area contributed by atoms with E-state index < -0.39 is 0 Å². The Balaban J connectivity index is 1.86. The molecule has 0 aliphatic carbocycles. The summed E-state index contributed by atoms with van der Waals surface area (Å²) < 4.78 is 2.27. The van der Waals surface area contributed by atoms with E-state index >= 15 is 0 Å². The second kappa shape index (κ2) is 6.14. The molecular weight excluding hydrogens is 316 g/mol. The summed E-state index contributed by atoms with van der Waals surface area (Å²) in [6, 6.07) is 24.8. The summed E-state index contributed by atoms with van der Waals surface area (Å²) in [5.41, 5.74) is 5.76. The van der Waals surface area contributed by atoms with Crippen LogP contribution >= 0.6 is 11.6 Å². The molecule has 0 amide bonds. The Bertz CT molecular complexity index is 983. The Morgan fingerprint density at radius 1 is 0.875 bits per heavy atom. The summed E-state index contributed by atoms with van der Waals surface area (Å²) in [4.78, 5) is 4.85. The number of hydrogen-bond donors (Lipinski definition) is 0. The maximum absolute atomic E-state index is 6.03. The number of para-hydroxylation sites is 2. The van der Waals surface area contributed by atoms with Gasteiger partial charge < -0.3 is 4.57 Å². The lowest BCUT2D eigenvalue weighted by Gasteiger charge is -2.10. The van der Waals surface area contributed by atoms with Crippen LogP contribution in [0.2, 0.25) is 5.02 Å². The van der Waals surface area contributed by atoms with Gasteiger partial charge in [0.1, 0.15) is 5.82 Å². The molecule has 0 bridgehead atoms. The van der Waals surface area contributed by atoms with E-state index in [9.17, 15) is 0 Å². The van der Waals surface area contributed by atoms with Crippen molar-refractivity contribution in [2.45, 2.75) is 13.5 Å². The van der Waals surface area contributed by atoms with E-state index in [1.54, 1.807) is 0 Å². The van der Waals surface area contributed by atoms with E-state index in [0.29, 0.717) is 0 Å². The summed E-state index contributed by atoms with van der Waals surface area (Å²) in [6.07, 6.45) is 0. The van der Waals surface area contributed by atoms with Crippen LogP contribution in [0, 0.1) is 6.92 Å². The fourth-order valence-corrected chi connectivity index (χ4v) is 3.06. The SMILES string of the molecule is Cc1ccc(Cn2c(-c3ccc(Cl)cc3)nc3ccccc32)cc1. The third-order valence-electron chi connectivity index (χ3n) is 4.22. The van der Waals surface area contributed by atoms with Crippen LogP contribution in [0.3, 0.4) is 0 Å². The molecule has 4 aromatic rings. The van der Waals surface area contributed by atoms with Crippen LogP contribution in [0.5, 0.6) is 0 Å². The predicted octanol–water partition coefficient (Wildman–Crippen LogP) is 5.71. The lowest BCUT2D eigenvalue weighted by atomic mass is 10.1. The molecule has 24 heavy (non-hydrogen) atoms. The van der Waals surface area contributed by atoms with Crippen LogP contribution in [0.4, 0.5) is 0 Å². The number of imidazole rings is 1. The van der Waals surface area contributed by atoms with Crippen molar-refractivity contribution in [2.24, 2.45) is 0 Å². The number of hydrogen-bond acceptors (Lipinski definition) is 1. The van der Waals surface area contributed by atoms with E-state index in [2.05, 4.69) is 54.0 Å². The highest BCUT2D eigenvalue weighted by Crippen LogP contribution is 2.27. The van der Waals surface area contributed by atoms with Crippen LogP contribution in [-0.2, 0) is 6.54 Å². The first kappa shape index (κ1) is 15.0. The average molecular weight is 333 g/mol. The molecule has 1 heterocycles. The van der Waals surface area contributed by atoms with Crippen molar-refractivity contribution in [3.05, 3.63) is 88.9 Å². The van der Waals surface area contributed by atoms with Gasteiger partial charge in [-0.05, 0) is 48.9 Å². The van der Waals surface area contributed by atoms with Gasteiger partial charge in [-0.3, -0.25) is 0 Å². The molecule has 0 aliphatic heterocycles. The van der Waals surface area contributed by atoms with Gasteiger partial charge in [0.2, 0.25) is 0 Å². The predicted molar refractivity (Wildman–Crippen MR) is 100 cm³/mol. The number of benzene rings is 3. The zero-order valence-corrected chi connectivity index (χ0v) is 14.2. The van der Waals surface area contributed by atoms with Crippen LogP contribution in [0.1, 0.15) is 11.1 Å². The van der Waals surface area contributed by atoms with E-state index in [1.165, 1.54) is 11.1 Å². The summed E-state index contributed by atoms with van der Waals surface area (Å²) in [5.74, 6) is 0.966. The first-order chi connectivity index (χ1) is 11.7. The topological polar surface area (TPSA) is 17.8 Å². The number of halogens is 1. The molecule has 0 saturated heterocycles. The van der Waals surface area contributed by atoms with Gasteiger partial charge >= 0.3 is 0 Å². The fraction of sp³-hybridized carbons (Fsp3) is 0.0952. The van der Waals surface area contributed by atoms with Gasteiger partial charge in [-0.1, -0.05) is 53.6 Å². The Morgan fingerprint density at radius 2 is 1.58 bits per heavy atom. The maximum atomic E-state index is 6.03. The van der Waals surface area contributed by atoms with Crippen molar-refractivity contribution >= 4 is 22.6 Å².